The maximum absolute atomic E-state index is 13.0. The Labute approximate surface area is 165 Å². The van der Waals surface area contributed by atoms with Crippen molar-refractivity contribution >= 4 is 11.9 Å². The largest absolute Gasteiger partial charge is 0.356 e. The van der Waals surface area contributed by atoms with Gasteiger partial charge < -0.3 is 15.5 Å². The maximum Gasteiger partial charge on any atom is 0.223 e. The minimum Gasteiger partial charge on any atom is -0.356 e. The number of halogens is 1. The lowest BCUT2D eigenvalue weighted by molar-refractivity contribution is -0.127. The van der Waals surface area contributed by atoms with Crippen LogP contribution in [0.1, 0.15) is 17.5 Å². The van der Waals surface area contributed by atoms with Crippen LogP contribution in [0.25, 0.3) is 0 Å². The van der Waals surface area contributed by atoms with E-state index in [-0.39, 0.29) is 17.6 Å². The van der Waals surface area contributed by atoms with Crippen molar-refractivity contribution in [1.82, 2.24) is 15.5 Å². The van der Waals surface area contributed by atoms with Crippen molar-refractivity contribution in [3.05, 3.63) is 71.5 Å². The van der Waals surface area contributed by atoms with E-state index in [9.17, 15) is 9.18 Å². The van der Waals surface area contributed by atoms with Crippen molar-refractivity contribution in [2.75, 3.05) is 26.7 Å². The lowest BCUT2D eigenvalue weighted by atomic mass is 10.1. The Hall–Kier alpha value is -2.89. The molecule has 0 spiro atoms. The standard InChI is InChI=1S/C22H27FN4O/c1-24-22(25-14-18-7-9-20(23)10-8-18)26-15-19-13-21(28)27(16-19)12-11-17-5-3-2-4-6-17/h2-10,19H,11-16H2,1H3,(H2,24,25,26). The molecule has 2 aromatic rings. The number of likely N-dealkylation sites (tertiary alicyclic amines) is 1. The predicted octanol–water partition coefficient (Wildman–Crippen LogP) is 2.58. The molecule has 1 amide bonds. The zero-order valence-corrected chi connectivity index (χ0v) is 16.2. The van der Waals surface area contributed by atoms with E-state index in [0.29, 0.717) is 25.5 Å². The molecule has 0 radical (unpaired) electrons. The summed E-state index contributed by atoms with van der Waals surface area (Å²) in [5.41, 5.74) is 2.23. The smallest absolute Gasteiger partial charge is 0.223 e. The van der Waals surface area contributed by atoms with Gasteiger partial charge in [-0.3, -0.25) is 9.79 Å². The molecule has 1 fully saturated rings. The van der Waals surface area contributed by atoms with Gasteiger partial charge in [-0.25, -0.2) is 4.39 Å². The average Bonchev–Trinajstić information content (AvgIpc) is 3.08. The third-order valence-electron chi connectivity index (χ3n) is 4.96. The summed E-state index contributed by atoms with van der Waals surface area (Å²) in [5, 5.41) is 6.51. The fraction of sp³-hybridized carbons (Fsp3) is 0.364. The number of guanidine groups is 1. The Morgan fingerprint density at radius 2 is 1.86 bits per heavy atom. The highest BCUT2D eigenvalue weighted by atomic mass is 19.1. The molecule has 1 heterocycles. The molecule has 0 saturated carbocycles. The monoisotopic (exact) mass is 382 g/mol. The van der Waals surface area contributed by atoms with E-state index in [0.717, 1.165) is 25.1 Å². The van der Waals surface area contributed by atoms with Crippen molar-refractivity contribution < 1.29 is 9.18 Å². The van der Waals surface area contributed by atoms with E-state index in [1.165, 1.54) is 17.7 Å². The zero-order chi connectivity index (χ0) is 19.8. The van der Waals surface area contributed by atoms with Gasteiger partial charge in [-0.05, 0) is 29.7 Å². The van der Waals surface area contributed by atoms with Crippen LogP contribution in [0, 0.1) is 11.7 Å². The second-order valence-corrected chi connectivity index (χ2v) is 7.08. The maximum atomic E-state index is 13.0. The van der Waals surface area contributed by atoms with Gasteiger partial charge in [0.15, 0.2) is 5.96 Å². The van der Waals surface area contributed by atoms with Crippen molar-refractivity contribution in [2.24, 2.45) is 10.9 Å². The van der Waals surface area contributed by atoms with E-state index >= 15 is 0 Å². The zero-order valence-electron chi connectivity index (χ0n) is 16.2. The van der Waals surface area contributed by atoms with Crippen LogP contribution in [0.5, 0.6) is 0 Å². The third-order valence-corrected chi connectivity index (χ3v) is 4.96. The summed E-state index contributed by atoms with van der Waals surface area (Å²) in [7, 11) is 1.71. The molecule has 148 valence electrons. The van der Waals surface area contributed by atoms with Crippen LogP contribution in [0.4, 0.5) is 4.39 Å². The quantitative estimate of drug-likeness (QED) is 0.572. The molecule has 0 aliphatic carbocycles. The van der Waals surface area contributed by atoms with Gasteiger partial charge in [-0.15, -0.1) is 0 Å². The van der Waals surface area contributed by atoms with Gasteiger partial charge in [0.2, 0.25) is 5.91 Å². The Balaban J connectivity index is 1.41. The summed E-state index contributed by atoms with van der Waals surface area (Å²) >= 11 is 0. The molecule has 1 unspecified atom stereocenters. The fourth-order valence-corrected chi connectivity index (χ4v) is 3.37. The van der Waals surface area contributed by atoms with Gasteiger partial charge in [-0.2, -0.15) is 0 Å². The van der Waals surface area contributed by atoms with Crippen LogP contribution in [-0.2, 0) is 17.8 Å². The summed E-state index contributed by atoms with van der Waals surface area (Å²) in [6.45, 7) is 2.79. The van der Waals surface area contributed by atoms with Gasteiger partial charge in [0.05, 0.1) is 0 Å². The molecular formula is C22H27FN4O. The second kappa shape index (κ2) is 9.88. The fourth-order valence-electron chi connectivity index (χ4n) is 3.37. The molecule has 1 aliphatic rings. The first-order valence-electron chi connectivity index (χ1n) is 9.64. The topological polar surface area (TPSA) is 56.7 Å². The van der Waals surface area contributed by atoms with Crippen LogP contribution in [0.2, 0.25) is 0 Å². The number of benzene rings is 2. The van der Waals surface area contributed by atoms with E-state index in [4.69, 9.17) is 0 Å². The van der Waals surface area contributed by atoms with Crippen LogP contribution >= 0.6 is 0 Å². The summed E-state index contributed by atoms with van der Waals surface area (Å²) in [6.07, 6.45) is 1.45. The molecule has 28 heavy (non-hydrogen) atoms. The first kappa shape index (κ1) is 19.9. The number of nitrogens with one attached hydrogen (secondary N) is 2. The Morgan fingerprint density at radius 3 is 2.57 bits per heavy atom. The minimum absolute atomic E-state index is 0.219. The van der Waals surface area contributed by atoms with Gasteiger partial charge in [0.1, 0.15) is 5.82 Å². The molecule has 0 bridgehead atoms. The molecule has 0 aromatic heterocycles. The lowest BCUT2D eigenvalue weighted by Gasteiger charge is -2.18. The first-order valence-corrected chi connectivity index (χ1v) is 9.64. The van der Waals surface area contributed by atoms with Gasteiger partial charge in [0.25, 0.3) is 0 Å². The highest BCUT2D eigenvalue weighted by Crippen LogP contribution is 2.17. The molecule has 2 aromatic carbocycles. The predicted molar refractivity (Wildman–Crippen MR) is 109 cm³/mol. The van der Waals surface area contributed by atoms with E-state index in [1.54, 1.807) is 19.2 Å². The van der Waals surface area contributed by atoms with Crippen molar-refractivity contribution in [3.63, 3.8) is 0 Å². The molecule has 5 nitrogen and oxygen atoms in total. The van der Waals surface area contributed by atoms with E-state index in [1.807, 2.05) is 23.1 Å². The molecule has 1 aliphatic heterocycles. The van der Waals surface area contributed by atoms with Crippen LogP contribution in [0.3, 0.4) is 0 Å². The molecule has 1 saturated heterocycles. The van der Waals surface area contributed by atoms with Gasteiger partial charge in [-0.1, -0.05) is 42.5 Å². The van der Waals surface area contributed by atoms with Crippen LogP contribution in [0.15, 0.2) is 59.6 Å². The highest BCUT2D eigenvalue weighted by Gasteiger charge is 2.29. The second-order valence-electron chi connectivity index (χ2n) is 7.08. The number of aliphatic imine (C=N–C) groups is 1. The van der Waals surface area contributed by atoms with Crippen molar-refractivity contribution in [1.29, 1.82) is 0 Å². The number of amides is 1. The lowest BCUT2D eigenvalue weighted by Crippen LogP contribution is -2.40. The Bertz CT molecular complexity index is 792. The average molecular weight is 382 g/mol. The van der Waals surface area contributed by atoms with Crippen molar-refractivity contribution in [3.8, 4) is 0 Å². The van der Waals surface area contributed by atoms with E-state index < -0.39 is 0 Å². The number of carbonyl (C=O) groups is 1. The number of rotatable bonds is 7. The van der Waals surface area contributed by atoms with E-state index in [2.05, 4.69) is 27.8 Å². The van der Waals surface area contributed by atoms with Crippen LogP contribution < -0.4 is 10.6 Å². The Morgan fingerprint density at radius 1 is 1.11 bits per heavy atom. The van der Waals surface area contributed by atoms with Crippen LogP contribution in [-0.4, -0.2) is 43.4 Å². The summed E-state index contributed by atoms with van der Waals surface area (Å²) in [5.74, 6) is 0.929. The minimum atomic E-state index is -0.242. The third kappa shape index (κ3) is 5.81. The number of carbonyl (C=O) groups excluding carboxylic acids is 1. The summed E-state index contributed by atoms with van der Waals surface area (Å²) in [6, 6.07) is 16.6. The van der Waals surface area contributed by atoms with Gasteiger partial charge >= 0.3 is 0 Å². The molecule has 6 heteroatoms. The Kier molecular flexibility index (Phi) is 7.00. The SMILES string of the molecule is CN=C(NCc1ccc(F)cc1)NCC1CC(=O)N(CCc2ccccc2)C1. The molecule has 3 rings (SSSR count). The summed E-state index contributed by atoms with van der Waals surface area (Å²) in [4.78, 5) is 18.4. The number of nitrogens with zero attached hydrogens (tertiary/aromatic N) is 2. The first-order chi connectivity index (χ1) is 13.6. The highest BCUT2D eigenvalue weighted by molar-refractivity contribution is 5.80. The molecule has 2 N–H and O–H groups in total. The van der Waals surface area contributed by atoms with Crippen molar-refractivity contribution in [2.45, 2.75) is 19.4 Å². The number of hydrogen-bond acceptors (Lipinski definition) is 2. The molecule has 1 atom stereocenters. The normalized spacial score (nSPS) is 17.1. The number of hydrogen-bond donors (Lipinski definition) is 2. The molecular weight excluding hydrogens is 355 g/mol. The van der Waals surface area contributed by atoms with Gasteiger partial charge in [0, 0.05) is 45.6 Å². The summed E-state index contributed by atoms with van der Waals surface area (Å²) < 4.78 is 13.0.